The molecular weight excluding hydrogens is 445 g/mol. The molecule has 0 unspecified atom stereocenters. The molecule has 0 bridgehead atoms. The summed E-state index contributed by atoms with van der Waals surface area (Å²) in [7, 11) is 0. The third-order valence-corrected chi connectivity index (χ3v) is 5.49. The number of aromatic nitrogens is 5. The molecule has 0 aliphatic carbocycles. The SMILES string of the molecule is CCn1nnc2c(N3CCN(C(=O)c4ccccc4I)CC3)ncnc21. The standard InChI is InChI=1S/C17H18IN7O/c1-2-25-16-14(21-22-25)15(19-11-20-16)23-7-9-24(10-8-23)17(26)12-5-3-4-6-13(12)18/h3-6,11H,2,7-10H2,1H3. The van der Waals surface area contributed by atoms with Gasteiger partial charge in [0.1, 0.15) is 6.33 Å². The summed E-state index contributed by atoms with van der Waals surface area (Å²) in [5, 5.41) is 8.38. The van der Waals surface area contributed by atoms with E-state index < -0.39 is 0 Å². The van der Waals surface area contributed by atoms with Crippen molar-refractivity contribution in [2.45, 2.75) is 13.5 Å². The van der Waals surface area contributed by atoms with Crippen molar-refractivity contribution in [2.24, 2.45) is 0 Å². The van der Waals surface area contributed by atoms with Crippen LogP contribution >= 0.6 is 22.6 Å². The number of anilines is 1. The Balaban J connectivity index is 1.52. The number of amides is 1. The molecule has 1 aromatic carbocycles. The molecule has 8 nitrogen and oxygen atoms in total. The van der Waals surface area contributed by atoms with Crippen LogP contribution in [-0.4, -0.2) is 61.9 Å². The Hall–Kier alpha value is -2.30. The van der Waals surface area contributed by atoms with Gasteiger partial charge in [-0.2, -0.15) is 0 Å². The first-order chi connectivity index (χ1) is 12.7. The average molecular weight is 463 g/mol. The zero-order valence-electron chi connectivity index (χ0n) is 14.3. The van der Waals surface area contributed by atoms with Crippen LogP contribution in [0.15, 0.2) is 30.6 Å². The molecule has 134 valence electrons. The summed E-state index contributed by atoms with van der Waals surface area (Å²) in [5.41, 5.74) is 2.22. The fourth-order valence-electron chi connectivity index (χ4n) is 3.15. The second kappa shape index (κ2) is 7.14. The second-order valence-electron chi connectivity index (χ2n) is 6.03. The van der Waals surface area contributed by atoms with E-state index in [2.05, 4.69) is 47.8 Å². The van der Waals surface area contributed by atoms with Gasteiger partial charge in [-0.05, 0) is 41.6 Å². The summed E-state index contributed by atoms with van der Waals surface area (Å²) in [6, 6.07) is 7.69. The largest absolute Gasteiger partial charge is 0.351 e. The maximum atomic E-state index is 12.8. The average Bonchev–Trinajstić information content (AvgIpc) is 3.11. The van der Waals surface area contributed by atoms with Crippen LogP contribution in [-0.2, 0) is 6.54 Å². The van der Waals surface area contributed by atoms with E-state index in [9.17, 15) is 4.79 Å². The van der Waals surface area contributed by atoms with E-state index in [1.807, 2.05) is 36.1 Å². The van der Waals surface area contributed by atoms with Gasteiger partial charge in [-0.1, -0.05) is 17.3 Å². The minimum absolute atomic E-state index is 0.0828. The number of hydrogen-bond acceptors (Lipinski definition) is 6. The van der Waals surface area contributed by atoms with Crippen molar-refractivity contribution in [3.05, 3.63) is 39.7 Å². The molecule has 1 saturated heterocycles. The van der Waals surface area contributed by atoms with Gasteiger partial charge in [-0.25, -0.2) is 14.6 Å². The number of nitrogens with zero attached hydrogens (tertiary/aromatic N) is 7. The number of piperazine rings is 1. The van der Waals surface area contributed by atoms with Gasteiger partial charge in [-0.15, -0.1) is 5.10 Å². The summed E-state index contributed by atoms with van der Waals surface area (Å²) in [4.78, 5) is 25.5. The van der Waals surface area contributed by atoms with Gasteiger partial charge in [0.25, 0.3) is 5.91 Å². The number of hydrogen-bond donors (Lipinski definition) is 0. The van der Waals surface area contributed by atoms with Crippen molar-refractivity contribution >= 4 is 45.5 Å². The van der Waals surface area contributed by atoms with Crippen molar-refractivity contribution < 1.29 is 4.79 Å². The minimum Gasteiger partial charge on any atom is -0.351 e. The number of carbonyl (C=O) groups excluding carboxylic acids is 1. The summed E-state index contributed by atoms with van der Waals surface area (Å²) >= 11 is 2.21. The third-order valence-electron chi connectivity index (χ3n) is 4.55. The molecular formula is C17H18IN7O. The van der Waals surface area contributed by atoms with E-state index in [1.54, 1.807) is 11.0 Å². The quantitative estimate of drug-likeness (QED) is 0.552. The van der Waals surface area contributed by atoms with Gasteiger partial charge < -0.3 is 9.80 Å². The van der Waals surface area contributed by atoms with Gasteiger partial charge in [0.2, 0.25) is 0 Å². The first kappa shape index (κ1) is 17.1. The number of halogens is 1. The first-order valence-corrected chi connectivity index (χ1v) is 9.60. The Labute approximate surface area is 164 Å². The molecule has 1 aliphatic rings. The summed E-state index contributed by atoms with van der Waals surface area (Å²) in [5.74, 6) is 0.871. The van der Waals surface area contributed by atoms with Gasteiger partial charge in [0.05, 0.1) is 5.56 Å². The Bertz CT molecular complexity index is 949. The molecule has 0 N–H and O–H groups in total. The first-order valence-electron chi connectivity index (χ1n) is 8.52. The van der Waals surface area contributed by atoms with Gasteiger partial charge in [0, 0.05) is 36.3 Å². The Morgan fingerprint density at radius 1 is 1.15 bits per heavy atom. The highest BCUT2D eigenvalue weighted by atomic mass is 127. The van der Waals surface area contributed by atoms with E-state index in [1.165, 1.54) is 0 Å². The van der Waals surface area contributed by atoms with Crippen LogP contribution in [0.2, 0.25) is 0 Å². The van der Waals surface area contributed by atoms with Crippen LogP contribution in [0.3, 0.4) is 0 Å². The zero-order chi connectivity index (χ0) is 18.1. The molecule has 3 aromatic rings. The lowest BCUT2D eigenvalue weighted by Crippen LogP contribution is -2.49. The fourth-order valence-corrected chi connectivity index (χ4v) is 3.77. The molecule has 0 radical (unpaired) electrons. The van der Waals surface area contributed by atoms with E-state index >= 15 is 0 Å². The predicted molar refractivity (Wildman–Crippen MR) is 106 cm³/mol. The summed E-state index contributed by atoms with van der Waals surface area (Å²) < 4.78 is 2.74. The molecule has 0 saturated carbocycles. The van der Waals surface area contributed by atoms with E-state index in [0.717, 1.165) is 20.6 Å². The highest BCUT2D eigenvalue weighted by molar-refractivity contribution is 14.1. The van der Waals surface area contributed by atoms with Crippen molar-refractivity contribution in [1.29, 1.82) is 0 Å². The number of carbonyl (C=O) groups is 1. The lowest BCUT2D eigenvalue weighted by Gasteiger charge is -2.35. The summed E-state index contributed by atoms with van der Waals surface area (Å²) in [6.45, 7) is 5.44. The van der Waals surface area contributed by atoms with Crippen LogP contribution in [0.25, 0.3) is 11.2 Å². The topological polar surface area (TPSA) is 80.0 Å². The maximum Gasteiger partial charge on any atom is 0.255 e. The maximum absolute atomic E-state index is 12.8. The molecule has 26 heavy (non-hydrogen) atoms. The van der Waals surface area contributed by atoms with Crippen LogP contribution in [0.5, 0.6) is 0 Å². The number of benzene rings is 1. The third kappa shape index (κ3) is 3.00. The zero-order valence-corrected chi connectivity index (χ0v) is 16.5. The van der Waals surface area contributed by atoms with Crippen LogP contribution < -0.4 is 4.90 Å². The fraction of sp³-hybridized carbons (Fsp3) is 0.353. The lowest BCUT2D eigenvalue weighted by molar-refractivity contribution is 0.0745. The molecule has 9 heteroatoms. The molecule has 1 aliphatic heterocycles. The Kier molecular flexibility index (Phi) is 4.70. The lowest BCUT2D eigenvalue weighted by atomic mass is 10.2. The minimum atomic E-state index is 0.0828. The normalized spacial score (nSPS) is 14.8. The van der Waals surface area contributed by atoms with Crippen molar-refractivity contribution in [3.8, 4) is 0 Å². The van der Waals surface area contributed by atoms with E-state index in [-0.39, 0.29) is 5.91 Å². The molecule has 1 amide bonds. The molecule has 1 fully saturated rings. The Morgan fingerprint density at radius 3 is 2.65 bits per heavy atom. The highest BCUT2D eigenvalue weighted by Crippen LogP contribution is 2.22. The van der Waals surface area contributed by atoms with Crippen LogP contribution in [0.4, 0.5) is 5.82 Å². The monoisotopic (exact) mass is 463 g/mol. The van der Waals surface area contributed by atoms with Gasteiger partial charge in [-0.3, -0.25) is 4.79 Å². The van der Waals surface area contributed by atoms with E-state index in [4.69, 9.17) is 0 Å². The van der Waals surface area contributed by atoms with Gasteiger partial charge >= 0.3 is 0 Å². The smallest absolute Gasteiger partial charge is 0.255 e. The van der Waals surface area contributed by atoms with Crippen LogP contribution in [0.1, 0.15) is 17.3 Å². The molecule has 4 rings (SSSR count). The predicted octanol–water partition coefficient (Wildman–Crippen LogP) is 1.81. The number of aryl methyl sites for hydroxylation is 1. The van der Waals surface area contributed by atoms with Crippen LogP contribution in [0, 0.1) is 3.57 Å². The van der Waals surface area contributed by atoms with Crippen molar-refractivity contribution in [3.63, 3.8) is 0 Å². The Morgan fingerprint density at radius 2 is 1.92 bits per heavy atom. The molecule has 3 heterocycles. The molecule has 2 aromatic heterocycles. The number of fused-ring (bicyclic) bond motifs is 1. The molecule has 0 spiro atoms. The second-order valence-corrected chi connectivity index (χ2v) is 7.20. The van der Waals surface area contributed by atoms with E-state index in [0.29, 0.717) is 38.2 Å². The van der Waals surface area contributed by atoms with Crippen molar-refractivity contribution in [2.75, 3.05) is 31.1 Å². The van der Waals surface area contributed by atoms with Gasteiger partial charge in [0.15, 0.2) is 17.0 Å². The number of rotatable bonds is 3. The summed E-state index contributed by atoms with van der Waals surface area (Å²) in [6.07, 6.45) is 1.55. The molecule has 0 atom stereocenters. The highest BCUT2D eigenvalue weighted by Gasteiger charge is 2.25. The van der Waals surface area contributed by atoms with Crippen molar-refractivity contribution in [1.82, 2.24) is 29.9 Å².